The number of hydrogen-bond acceptors (Lipinski definition) is 1. The first-order valence-corrected chi connectivity index (χ1v) is 4.39. The van der Waals surface area contributed by atoms with Crippen molar-refractivity contribution in [2.24, 2.45) is 0 Å². The molecule has 1 nitrogen and oxygen atoms in total. The van der Waals surface area contributed by atoms with Crippen LogP contribution in [0.4, 0.5) is 0 Å². The second-order valence-corrected chi connectivity index (χ2v) is 4.72. The van der Waals surface area contributed by atoms with E-state index in [1.54, 1.807) is 0 Å². The third-order valence-electron chi connectivity index (χ3n) is 1.26. The van der Waals surface area contributed by atoms with Crippen LogP contribution in [0.5, 0.6) is 0 Å². The van der Waals surface area contributed by atoms with Gasteiger partial charge in [-0.2, -0.15) is 0 Å². The molecule has 1 atom stereocenters. The van der Waals surface area contributed by atoms with E-state index in [0.717, 1.165) is 5.56 Å². The zero-order valence-corrected chi connectivity index (χ0v) is 8.14. The van der Waals surface area contributed by atoms with Gasteiger partial charge in [0.2, 0.25) is 0 Å². The Morgan fingerprint density at radius 3 is 2.36 bits per heavy atom. The van der Waals surface area contributed by atoms with Gasteiger partial charge in [-0.05, 0) is 21.5 Å². The molecule has 1 N–H and O–H groups in total. The molecule has 0 heterocycles. The normalized spacial score (nSPS) is 15.9. The van der Waals surface area contributed by atoms with Crippen molar-refractivity contribution in [1.29, 1.82) is 0 Å². The molecule has 60 valence electrons. The average molecular weight is 236 g/mol. The molecule has 1 aromatic carbocycles. The van der Waals surface area contributed by atoms with Crippen LogP contribution < -0.4 is 0 Å². The van der Waals surface area contributed by atoms with E-state index in [-0.39, 0.29) is 0 Å². The first-order chi connectivity index (χ1) is 5.08. The molecule has 0 aromatic heterocycles. The molecule has 11 heavy (non-hydrogen) atoms. The quantitative estimate of drug-likeness (QED) is 0.781. The van der Waals surface area contributed by atoms with Crippen molar-refractivity contribution in [3.63, 3.8) is 0 Å². The molecule has 0 spiro atoms. The summed E-state index contributed by atoms with van der Waals surface area (Å²) in [6.07, 6.45) is 0.398. The summed E-state index contributed by atoms with van der Waals surface area (Å²) in [6.45, 7) is 0. The van der Waals surface area contributed by atoms with Crippen molar-refractivity contribution in [2.75, 3.05) is 0 Å². The van der Waals surface area contributed by atoms with Gasteiger partial charge in [0.15, 0.2) is 3.97 Å². The Morgan fingerprint density at radius 1 is 1.36 bits per heavy atom. The summed E-state index contributed by atoms with van der Waals surface area (Å²) in [4.78, 5) is 0. The lowest BCUT2D eigenvalue weighted by molar-refractivity contribution is 0.230. The van der Waals surface area contributed by atoms with Crippen molar-refractivity contribution in [3.05, 3.63) is 35.9 Å². The van der Waals surface area contributed by atoms with Crippen molar-refractivity contribution in [1.82, 2.24) is 0 Å². The van der Waals surface area contributed by atoms with Crippen LogP contribution in [0.25, 0.3) is 0 Å². The predicted octanol–water partition coefficient (Wildman–Crippen LogP) is 2.51. The second kappa shape index (κ2) is 3.57. The van der Waals surface area contributed by atoms with Gasteiger partial charge in [-0.15, -0.1) is 0 Å². The first kappa shape index (κ1) is 9.04. The Bertz CT molecular complexity index is 217. The minimum atomic E-state index is -1.31. The number of alkyl halides is 2. The standard InChI is InChI=1S/C8H8BrClO/c9-8(10,11)6-7-4-2-1-3-5-7/h1-5,11H,6H2. The number of halogens is 2. The number of aliphatic hydroxyl groups is 1. The van der Waals surface area contributed by atoms with Crippen molar-refractivity contribution in [3.8, 4) is 0 Å². The third kappa shape index (κ3) is 3.75. The van der Waals surface area contributed by atoms with Gasteiger partial charge in [0.05, 0.1) is 0 Å². The lowest BCUT2D eigenvalue weighted by atomic mass is 10.2. The number of benzene rings is 1. The summed E-state index contributed by atoms with van der Waals surface area (Å²) in [5.74, 6) is 0. The maximum atomic E-state index is 9.15. The zero-order valence-electron chi connectivity index (χ0n) is 5.80. The fourth-order valence-electron chi connectivity index (χ4n) is 0.841. The molecule has 0 saturated carbocycles. The highest BCUT2D eigenvalue weighted by molar-refractivity contribution is 9.10. The molecule has 0 radical (unpaired) electrons. The molecule has 0 fully saturated rings. The molecule has 3 heteroatoms. The Balaban J connectivity index is 2.66. The van der Waals surface area contributed by atoms with E-state index in [9.17, 15) is 0 Å². The smallest absolute Gasteiger partial charge is 0.198 e. The van der Waals surface area contributed by atoms with Gasteiger partial charge < -0.3 is 5.11 Å². The number of rotatable bonds is 2. The first-order valence-electron chi connectivity index (χ1n) is 3.22. The molecule has 0 saturated heterocycles. The van der Waals surface area contributed by atoms with Gasteiger partial charge in [-0.25, -0.2) is 0 Å². The van der Waals surface area contributed by atoms with Crippen molar-refractivity contribution < 1.29 is 5.11 Å². The summed E-state index contributed by atoms with van der Waals surface area (Å²) >= 11 is 8.48. The minimum absolute atomic E-state index is 0.398. The SMILES string of the molecule is OC(Cl)(Br)Cc1ccccc1. The monoisotopic (exact) mass is 234 g/mol. The van der Waals surface area contributed by atoms with Crippen LogP contribution in [0.2, 0.25) is 0 Å². The van der Waals surface area contributed by atoms with Gasteiger partial charge in [0.1, 0.15) is 0 Å². The van der Waals surface area contributed by atoms with E-state index < -0.39 is 3.97 Å². The van der Waals surface area contributed by atoms with Crippen LogP contribution >= 0.6 is 27.5 Å². The molecule has 0 bridgehead atoms. The van der Waals surface area contributed by atoms with E-state index in [1.807, 2.05) is 30.3 Å². The van der Waals surface area contributed by atoms with Gasteiger partial charge in [-0.3, -0.25) is 0 Å². The Kier molecular flexibility index (Phi) is 2.93. The molecular formula is C8H8BrClO. The highest BCUT2D eigenvalue weighted by atomic mass is 79.9. The highest BCUT2D eigenvalue weighted by Gasteiger charge is 2.18. The average Bonchev–Trinajstić information content (AvgIpc) is 1.85. The number of hydrogen-bond donors (Lipinski definition) is 1. The molecule has 0 aliphatic heterocycles. The topological polar surface area (TPSA) is 20.2 Å². The van der Waals surface area contributed by atoms with Crippen LogP contribution in [-0.2, 0) is 6.42 Å². The third-order valence-corrected chi connectivity index (χ3v) is 1.67. The van der Waals surface area contributed by atoms with Crippen LogP contribution in [0, 0.1) is 0 Å². The lowest BCUT2D eigenvalue weighted by Crippen LogP contribution is -2.13. The summed E-state index contributed by atoms with van der Waals surface area (Å²) in [7, 11) is 0. The molecule has 0 aliphatic carbocycles. The molecule has 0 aliphatic rings. The maximum absolute atomic E-state index is 9.15. The maximum Gasteiger partial charge on any atom is 0.198 e. The summed E-state index contributed by atoms with van der Waals surface area (Å²) in [6, 6.07) is 9.56. The molecule has 1 rings (SSSR count). The summed E-state index contributed by atoms with van der Waals surface area (Å²) < 4.78 is -1.31. The van der Waals surface area contributed by atoms with Gasteiger partial charge in [0.25, 0.3) is 0 Å². The van der Waals surface area contributed by atoms with E-state index in [0.29, 0.717) is 6.42 Å². The van der Waals surface area contributed by atoms with Gasteiger partial charge >= 0.3 is 0 Å². The van der Waals surface area contributed by atoms with Crippen LogP contribution in [0.3, 0.4) is 0 Å². The lowest BCUT2D eigenvalue weighted by Gasteiger charge is -2.11. The fraction of sp³-hybridized carbons (Fsp3) is 0.250. The van der Waals surface area contributed by atoms with Crippen LogP contribution in [0.1, 0.15) is 5.56 Å². The second-order valence-electron chi connectivity index (χ2n) is 2.33. The van der Waals surface area contributed by atoms with E-state index in [1.165, 1.54) is 0 Å². The zero-order chi connectivity index (χ0) is 8.32. The Labute approximate surface area is 79.1 Å². The van der Waals surface area contributed by atoms with Crippen LogP contribution in [0.15, 0.2) is 30.3 Å². The minimum Gasteiger partial charge on any atom is -0.366 e. The Hall–Kier alpha value is -0.0500. The summed E-state index contributed by atoms with van der Waals surface area (Å²) in [5.41, 5.74) is 1.00. The van der Waals surface area contributed by atoms with Crippen LogP contribution in [-0.4, -0.2) is 9.08 Å². The fourth-order valence-corrected chi connectivity index (χ4v) is 1.32. The molecule has 1 unspecified atom stereocenters. The van der Waals surface area contributed by atoms with E-state index >= 15 is 0 Å². The van der Waals surface area contributed by atoms with E-state index in [2.05, 4.69) is 15.9 Å². The molecular weight excluding hydrogens is 227 g/mol. The molecule has 0 amide bonds. The summed E-state index contributed by atoms with van der Waals surface area (Å²) in [5, 5.41) is 9.15. The van der Waals surface area contributed by atoms with Crippen molar-refractivity contribution in [2.45, 2.75) is 10.4 Å². The van der Waals surface area contributed by atoms with Gasteiger partial charge in [-0.1, -0.05) is 41.9 Å². The van der Waals surface area contributed by atoms with Crippen molar-refractivity contribution >= 4 is 27.5 Å². The molecule has 1 aromatic rings. The van der Waals surface area contributed by atoms with Gasteiger partial charge in [0, 0.05) is 6.42 Å². The Morgan fingerprint density at radius 2 is 1.91 bits per heavy atom. The van der Waals surface area contributed by atoms with E-state index in [4.69, 9.17) is 16.7 Å². The highest BCUT2D eigenvalue weighted by Crippen LogP contribution is 2.24. The largest absolute Gasteiger partial charge is 0.366 e. The predicted molar refractivity (Wildman–Crippen MR) is 49.9 cm³/mol.